The van der Waals surface area contributed by atoms with E-state index in [1.807, 2.05) is 0 Å². The molecule has 126 valence electrons. The number of aryl methyl sites for hydroxylation is 1. The Kier molecular flexibility index (Phi) is 4.25. The first-order valence-electron chi connectivity index (χ1n) is 7.30. The quantitative estimate of drug-likeness (QED) is 0.581. The summed E-state index contributed by atoms with van der Waals surface area (Å²) in [4.78, 5) is 26.9. The average molecular weight is 340 g/mol. The number of nitro benzene ring substituents is 1. The maximum Gasteiger partial charge on any atom is 0.294 e. The van der Waals surface area contributed by atoms with Crippen molar-refractivity contribution in [3.05, 3.63) is 82.2 Å². The molecule has 25 heavy (non-hydrogen) atoms. The standard InChI is InChI=1S/C17H13FN4O3/c1-11-2-4-13(9-14(11)18)20-17(23)12-3-5-15(16(8-12)22(24)25)21-7-6-19-10-21/h2-10H,1H3,(H,20,23). The lowest BCUT2D eigenvalue weighted by Crippen LogP contribution is -2.13. The number of aromatic nitrogens is 2. The van der Waals surface area contributed by atoms with Crippen molar-refractivity contribution in [2.45, 2.75) is 6.92 Å². The molecule has 1 amide bonds. The Bertz CT molecular complexity index is 955. The molecule has 0 spiro atoms. The summed E-state index contributed by atoms with van der Waals surface area (Å²) in [6.07, 6.45) is 4.49. The smallest absolute Gasteiger partial charge is 0.294 e. The van der Waals surface area contributed by atoms with Gasteiger partial charge in [0, 0.05) is 29.7 Å². The van der Waals surface area contributed by atoms with Crippen LogP contribution in [-0.4, -0.2) is 20.4 Å². The summed E-state index contributed by atoms with van der Waals surface area (Å²) in [6.45, 7) is 1.61. The summed E-state index contributed by atoms with van der Waals surface area (Å²) < 4.78 is 15.0. The molecular formula is C17H13FN4O3. The van der Waals surface area contributed by atoms with Gasteiger partial charge in [0.15, 0.2) is 0 Å². The predicted octanol–water partition coefficient (Wildman–Crippen LogP) is 3.48. The molecule has 3 rings (SSSR count). The van der Waals surface area contributed by atoms with E-state index < -0.39 is 16.6 Å². The largest absolute Gasteiger partial charge is 0.322 e. The molecule has 0 aliphatic heterocycles. The highest BCUT2D eigenvalue weighted by Gasteiger charge is 2.19. The first-order chi connectivity index (χ1) is 12.0. The van der Waals surface area contributed by atoms with Gasteiger partial charge in [0.2, 0.25) is 0 Å². The van der Waals surface area contributed by atoms with Crippen LogP contribution in [0, 0.1) is 22.9 Å². The number of carbonyl (C=O) groups is 1. The Morgan fingerprint density at radius 2 is 2.08 bits per heavy atom. The zero-order valence-electron chi connectivity index (χ0n) is 13.1. The predicted molar refractivity (Wildman–Crippen MR) is 89.3 cm³/mol. The molecule has 1 heterocycles. The van der Waals surface area contributed by atoms with Crippen LogP contribution in [0.25, 0.3) is 5.69 Å². The third-order valence-corrected chi connectivity index (χ3v) is 3.65. The summed E-state index contributed by atoms with van der Waals surface area (Å²) in [5.41, 5.74) is 0.880. The van der Waals surface area contributed by atoms with E-state index in [9.17, 15) is 19.3 Å². The van der Waals surface area contributed by atoms with Gasteiger partial charge in [0.1, 0.15) is 11.5 Å². The van der Waals surface area contributed by atoms with Crippen LogP contribution in [0.2, 0.25) is 0 Å². The lowest BCUT2D eigenvalue weighted by atomic mass is 10.1. The fraction of sp³-hybridized carbons (Fsp3) is 0.0588. The highest BCUT2D eigenvalue weighted by molar-refractivity contribution is 6.04. The van der Waals surface area contributed by atoms with Gasteiger partial charge in [-0.05, 0) is 36.8 Å². The lowest BCUT2D eigenvalue weighted by molar-refractivity contribution is -0.384. The molecule has 7 nitrogen and oxygen atoms in total. The van der Waals surface area contributed by atoms with E-state index in [0.29, 0.717) is 11.3 Å². The summed E-state index contributed by atoms with van der Waals surface area (Å²) in [5, 5.41) is 13.8. The molecule has 0 fully saturated rings. The van der Waals surface area contributed by atoms with Crippen molar-refractivity contribution in [2.75, 3.05) is 5.32 Å². The van der Waals surface area contributed by atoms with Crippen LogP contribution in [0.15, 0.2) is 55.1 Å². The molecule has 1 N–H and O–H groups in total. The molecule has 0 aliphatic carbocycles. The van der Waals surface area contributed by atoms with Crippen molar-refractivity contribution in [1.82, 2.24) is 9.55 Å². The first kappa shape index (κ1) is 16.3. The number of halogens is 1. The van der Waals surface area contributed by atoms with Crippen molar-refractivity contribution in [3.8, 4) is 5.69 Å². The Morgan fingerprint density at radius 3 is 2.72 bits per heavy atom. The van der Waals surface area contributed by atoms with Crippen molar-refractivity contribution in [1.29, 1.82) is 0 Å². The number of nitrogens with one attached hydrogen (secondary N) is 1. The summed E-state index contributed by atoms with van der Waals surface area (Å²) in [5.74, 6) is -1.01. The van der Waals surface area contributed by atoms with E-state index in [2.05, 4.69) is 10.3 Å². The van der Waals surface area contributed by atoms with E-state index in [1.54, 1.807) is 19.2 Å². The zero-order valence-corrected chi connectivity index (χ0v) is 13.1. The molecule has 0 unspecified atom stereocenters. The third kappa shape index (κ3) is 3.37. The molecule has 0 atom stereocenters. The maximum atomic E-state index is 13.6. The van der Waals surface area contributed by atoms with Crippen molar-refractivity contribution >= 4 is 17.3 Å². The normalized spacial score (nSPS) is 10.5. The first-order valence-corrected chi connectivity index (χ1v) is 7.30. The molecule has 3 aromatic rings. The van der Waals surface area contributed by atoms with Gasteiger partial charge in [-0.1, -0.05) is 6.07 Å². The number of benzene rings is 2. The number of amides is 1. The second-order valence-electron chi connectivity index (χ2n) is 5.35. The Balaban J connectivity index is 1.91. The number of imidazole rings is 1. The highest BCUT2D eigenvalue weighted by atomic mass is 19.1. The summed E-state index contributed by atoms with van der Waals surface area (Å²) >= 11 is 0. The average Bonchev–Trinajstić information content (AvgIpc) is 3.12. The number of nitrogens with zero attached hydrogens (tertiary/aromatic N) is 3. The fourth-order valence-corrected chi connectivity index (χ4v) is 2.30. The number of hydrogen-bond donors (Lipinski definition) is 1. The molecule has 2 aromatic carbocycles. The number of nitro groups is 1. The molecular weight excluding hydrogens is 327 g/mol. The minimum Gasteiger partial charge on any atom is -0.322 e. The fourth-order valence-electron chi connectivity index (χ4n) is 2.30. The van der Waals surface area contributed by atoms with E-state index in [1.165, 1.54) is 47.4 Å². The minimum absolute atomic E-state index is 0.0940. The lowest BCUT2D eigenvalue weighted by Gasteiger charge is -2.08. The van der Waals surface area contributed by atoms with Crippen molar-refractivity contribution in [3.63, 3.8) is 0 Å². The van der Waals surface area contributed by atoms with Crippen LogP contribution in [0.5, 0.6) is 0 Å². The van der Waals surface area contributed by atoms with E-state index in [0.717, 1.165) is 0 Å². The number of anilines is 1. The minimum atomic E-state index is -0.572. The van der Waals surface area contributed by atoms with E-state index in [-0.39, 0.29) is 16.9 Å². The van der Waals surface area contributed by atoms with Crippen molar-refractivity contribution in [2.24, 2.45) is 0 Å². The van der Waals surface area contributed by atoms with Gasteiger partial charge in [0.25, 0.3) is 11.6 Å². The monoisotopic (exact) mass is 340 g/mol. The van der Waals surface area contributed by atoms with Gasteiger partial charge in [-0.2, -0.15) is 0 Å². The SMILES string of the molecule is Cc1ccc(NC(=O)c2ccc(-n3ccnc3)c([N+](=O)[O-])c2)cc1F. The Morgan fingerprint density at radius 1 is 1.28 bits per heavy atom. The van der Waals surface area contributed by atoms with Crippen LogP contribution < -0.4 is 5.32 Å². The molecule has 0 saturated carbocycles. The van der Waals surface area contributed by atoms with Gasteiger partial charge in [-0.15, -0.1) is 0 Å². The second kappa shape index (κ2) is 6.52. The van der Waals surface area contributed by atoms with Crippen LogP contribution in [0.1, 0.15) is 15.9 Å². The molecule has 1 aromatic heterocycles. The van der Waals surface area contributed by atoms with Gasteiger partial charge < -0.3 is 9.88 Å². The molecule has 0 bridgehead atoms. The van der Waals surface area contributed by atoms with Crippen LogP contribution >= 0.6 is 0 Å². The van der Waals surface area contributed by atoms with Crippen LogP contribution in [-0.2, 0) is 0 Å². The highest BCUT2D eigenvalue weighted by Crippen LogP contribution is 2.25. The number of carbonyl (C=O) groups excluding carboxylic acids is 1. The molecule has 0 saturated heterocycles. The van der Waals surface area contributed by atoms with Gasteiger partial charge in [0.05, 0.1) is 11.3 Å². The summed E-state index contributed by atoms with van der Waals surface area (Å²) in [6, 6.07) is 8.39. The molecule has 0 radical (unpaired) electrons. The third-order valence-electron chi connectivity index (χ3n) is 3.65. The molecule has 0 aliphatic rings. The number of hydrogen-bond acceptors (Lipinski definition) is 4. The topological polar surface area (TPSA) is 90.1 Å². The van der Waals surface area contributed by atoms with Crippen molar-refractivity contribution < 1.29 is 14.1 Å². The van der Waals surface area contributed by atoms with Gasteiger partial charge in [-0.25, -0.2) is 9.37 Å². The zero-order chi connectivity index (χ0) is 18.0. The van der Waals surface area contributed by atoms with Gasteiger partial charge >= 0.3 is 0 Å². The van der Waals surface area contributed by atoms with Gasteiger partial charge in [-0.3, -0.25) is 14.9 Å². The number of rotatable bonds is 4. The van der Waals surface area contributed by atoms with Crippen LogP contribution in [0.3, 0.4) is 0 Å². The Hall–Kier alpha value is -3.55. The van der Waals surface area contributed by atoms with E-state index in [4.69, 9.17) is 0 Å². The van der Waals surface area contributed by atoms with Crippen LogP contribution in [0.4, 0.5) is 15.8 Å². The molecule has 8 heteroatoms. The maximum absolute atomic E-state index is 13.6. The second-order valence-corrected chi connectivity index (χ2v) is 5.35. The van der Waals surface area contributed by atoms with E-state index >= 15 is 0 Å². The summed E-state index contributed by atoms with van der Waals surface area (Å²) in [7, 11) is 0. The Labute approximate surface area is 141 Å².